The van der Waals surface area contributed by atoms with E-state index in [0.717, 1.165) is 5.92 Å². The highest BCUT2D eigenvalue weighted by atomic mass is 32.2. The topological polar surface area (TPSA) is 0 Å². The molecule has 0 saturated heterocycles. The van der Waals surface area contributed by atoms with E-state index in [4.69, 9.17) is 0 Å². The summed E-state index contributed by atoms with van der Waals surface area (Å²) in [6, 6.07) is 18.1. The molecule has 0 amide bonds. The molecule has 1 aliphatic carbocycles. The van der Waals surface area contributed by atoms with Gasteiger partial charge in [0, 0.05) is 15.7 Å². The summed E-state index contributed by atoms with van der Waals surface area (Å²) in [5, 5.41) is 0. The smallest absolute Gasteiger partial charge is 0.0160 e. The highest BCUT2D eigenvalue weighted by Crippen LogP contribution is 2.51. The molecular formula is C19H20S. The van der Waals surface area contributed by atoms with Crippen LogP contribution < -0.4 is 0 Å². The molecule has 0 bridgehead atoms. The molecule has 0 atom stereocenters. The fraction of sp³-hybridized carbons (Fsp3) is 0.368. The number of rotatable bonds is 1. The van der Waals surface area contributed by atoms with Crippen molar-refractivity contribution in [2.75, 3.05) is 0 Å². The van der Waals surface area contributed by atoms with E-state index in [1.165, 1.54) is 41.9 Å². The summed E-state index contributed by atoms with van der Waals surface area (Å²) in [6.07, 6.45) is 7.06. The van der Waals surface area contributed by atoms with E-state index in [9.17, 15) is 0 Å². The van der Waals surface area contributed by atoms with E-state index in [1.54, 1.807) is 11.1 Å². The van der Waals surface area contributed by atoms with E-state index >= 15 is 0 Å². The molecule has 0 N–H and O–H groups in total. The molecule has 0 radical (unpaired) electrons. The second-order valence-electron chi connectivity index (χ2n) is 6.05. The van der Waals surface area contributed by atoms with Crippen LogP contribution in [0.4, 0.5) is 0 Å². The van der Waals surface area contributed by atoms with Crippen molar-refractivity contribution in [1.29, 1.82) is 0 Å². The molecule has 0 aromatic heterocycles. The highest BCUT2D eigenvalue weighted by Gasteiger charge is 2.32. The van der Waals surface area contributed by atoms with Gasteiger partial charge >= 0.3 is 0 Å². The first-order chi connectivity index (χ1) is 9.93. The summed E-state index contributed by atoms with van der Waals surface area (Å²) in [6.45, 7) is 0. The summed E-state index contributed by atoms with van der Waals surface area (Å²) in [4.78, 5) is 2.95. The van der Waals surface area contributed by atoms with Crippen molar-refractivity contribution in [3.05, 3.63) is 59.7 Å². The molecule has 102 valence electrons. The minimum atomic E-state index is 0.629. The van der Waals surface area contributed by atoms with Gasteiger partial charge in [-0.1, -0.05) is 67.4 Å². The summed E-state index contributed by atoms with van der Waals surface area (Å²) in [7, 11) is 0. The van der Waals surface area contributed by atoms with Crippen molar-refractivity contribution in [2.24, 2.45) is 5.92 Å². The molecule has 2 aliphatic rings. The van der Waals surface area contributed by atoms with Crippen LogP contribution in [0.3, 0.4) is 0 Å². The van der Waals surface area contributed by atoms with Crippen molar-refractivity contribution >= 4 is 11.8 Å². The normalized spacial score (nSPS) is 19.4. The van der Waals surface area contributed by atoms with Gasteiger partial charge in [-0.25, -0.2) is 0 Å². The van der Waals surface area contributed by atoms with Gasteiger partial charge in [0.25, 0.3) is 0 Å². The van der Waals surface area contributed by atoms with Gasteiger partial charge in [0.05, 0.1) is 0 Å². The van der Waals surface area contributed by atoms with Crippen molar-refractivity contribution in [3.8, 4) is 0 Å². The third kappa shape index (κ3) is 2.09. The Balaban J connectivity index is 1.83. The molecule has 0 spiro atoms. The molecule has 1 aliphatic heterocycles. The van der Waals surface area contributed by atoms with Crippen LogP contribution in [-0.2, 0) is 0 Å². The van der Waals surface area contributed by atoms with Gasteiger partial charge in [-0.05, 0) is 42.0 Å². The monoisotopic (exact) mass is 280 g/mol. The first-order valence-electron chi connectivity index (χ1n) is 7.79. The first kappa shape index (κ1) is 12.5. The standard InChI is InChI=1S/C19H20S/c1-2-8-14(9-3-1)19-15-10-4-6-12-17(15)20-18-13-7-5-11-16(18)19/h4-7,10-14,19H,1-3,8-9H2. The maximum absolute atomic E-state index is 2.36. The van der Waals surface area contributed by atoms with Crippen LogP contribution in [0.1, 0.15) is 49.1 Å². The van der Waals surface area contributed by atoms with Crippen LogP contribution in [0.25, 0.3) is 0 Å². The molecule has 1 heteroatoms. The Labute approximate surface area is 125 Å². The van der Waals surface area contributed by atoms with E-state index in [2.05, 4.69) is 48.5 Å². The van der Waals surface area contributed by atoms with Crippen molar-refractivity contribution < 1.29 is 0 Å². The molecular weight excluding hydrogens is 260 g/mol. The Kier molecular flexibility index (Phi) is 3.31. The second-order valence-corrected chi connectivity index (χ2v) is 7.14. The lowest BCUT2D eigenvalue weighted by atomic mass is 9.73. The molecule has 4 rings (SSSR count). The minimum absolute atomic E-state index is 0.629. The number of hydrogen-bond donors (Lipinski definition) is 0. The predicted molar refractivity (Wildman–Crippen MR) is 85.4 cm³/mol. The Morgan fingerprint density at radius 2 is 1.25 bits per heavy atom. The molecule has 1 fully saturated rings. The van der Waals surface area contributed by atoms with E-state index in [0.29, 0.717) is 5.92 Å². The van der Waals surface area contributed by atoms with Gasteiger partial charge in [0.2, 0.25) is 0 Å². The van der Waals surface area contributed by atoms with Crippen LogP contribution in [-0.4, -0.2) is 0 Å². The summed E-state index contributed by atoms with van der Waals surface area (Å²) in [5.41, 5.74) is 3.14. The Bertz CT molecular complexity index is 565. The Morgan fingerprint density at radius 3 is 1.85 bits per heavy atom. The fourth-order valence-electron chi connectivity index (χ4n) is 3.92. The summed E-state index contributed by atoms with van der Waals surface area (Å²) >= 11 is 1.95. The van der Waals surface area contributed by atoms with Gasteiger partial charge in [-0.15, -0.1) is 0 Å². The zero-order chi connectivity index (χ0) is 13.4. The summed E-state index contributed by atoms with van der Waals surface area (Å²) < 4.78 is 0. The van der Waals surface area contributed by atoms with Gasteiger partial charge < -0.3 is 0 Å². The average Bonchev–Trinajstić information content (AvgIpc) is 2.53. The zero-order valence-electron chi connectivity index (χ0n) is 11.7. The Morgan fingerprint density at radius 1 is 0.700 bits per heavy atom. The van der Waals surface area contributed by atoms with Crippen LogP contribution in [0, 0.1) is 5.92 Å². The van der Waals surface area contributed by atoms with Crippen LogP contribution in [0.15, 0.2) is 58.3 Å². The molecule has 1 saturated carbocycles. The molecule has 2 aromatic carbocycles. The maximum Gasteiger partial charge on any atom is 0.0160 e. The molecule has 1 heterocycles. The highest BCUT2D eigenvalue weighted by molar-refractivity contribution is 7.99. The van der Waals surface area contributed by atoms with E-state index in [1.807, 2.05) is 11.8 Å². The Hall–Kier alpha value is -1.21. The molecule has 20 heavy (non-hydrogen) atoms. The van der Waals surface area contributed by atoms with E-state index < -0.39 is 0 Å². The molecule has 2 aromatic rings. The fourth-order valence-corrected chi connectivity index (χ4v) is 5.08. The molecule has 0 nitrogen and oxygen atoms in total. The number of benzene rings is 2. The van der Waals surface area contributed by atoms with Gasteiger partial charge in [-0.3, -0.25) is 0 Å². The zero-order valence-corrected chi connectivity index (χ0v) is 12.5. The average molecular weight is 280 g/mol. The van der Waals surface area contributed by atoms with Crippen molar-refractivity contribution in [1.82, 2.24) is 0 Å². The van der Waals surface area contributed by atoms with E-state index in [-0.39, 0.29) is 0 Å². The van der Waals surface area contributed by atoms with Crippen molar-refractivity contribution in [2.45, 2.75) is 47.8 Å². The molecule has 0 unspecified atom stereocenters. The first-order valence-corrected chi connectivity index (χ1v) is 8.61. The van der Waals surface area contributed by atoms with Crippen LogP contribution >= 0.6 is 11.8 Å². The predicted octanol–water partition coefficient (Wildman–Crippen LogP) is 5.86. The quantitative estimate of drug-likeness (QED) is 0.630. The van der Waals surface area contributed by atoms with Gasteiger partial charge in [0.1, 0.15) is 0 Å². The third-order valence-corrected chi connectivity index (χ3v) is 6.03. The minimum Gasteiger partial charge on any atom is -0.0895 e. The van der Waals surface area contributed by atoms with Crippen LogP contribution in [0.5, 0.6) is 0 Å². The SMILES string of the molecule is c1ccc2c(c1)Sc1ccccc1C2C1CCCCC1. The van der Waals surface area contributed by atoms with Gasteiger partial charge in [0.15, 0.2) is 0 Å². The second kappa shape index (κ2) is 5.29. The lowest BCUT2D eigenvalue weighted by Crippen LogP contribution is -2.20. The third-order valence-electron chi connectivity index (χ3n) is 4.85. The van der Waals surface area contributed by atoms with Gasteiger partial charge in [-0.2, -0.15) is 0 Å². The largest absolute Gasteiger partial charge is 0.0895 e. The maximum atomic E-state index is 2.36. The number of hydrogen-bond acceptors (Lipinski definition) is 1. The van der Waals surface area contributed by atoms with Crippen LogP contribution in [0.2, 0.25) is 0 Å². The number of fused-ring (bicyclic) bond motifs is 2. The van der Waals surface area contributed by atoms with Crippen molar-refractivity contribution in [3.63, 3.8) is 0 Å². The lowest BCUT2D eigenvalue weighted by molar-refractivity contribution is 0.323. The summed E-state index contributed by atoms with van der Waals surface area (Å²) in [5.74, 6) is 1.47. The lowest BCUT2D eigenvalue weighted by Gasteiger charge is -2.35.